The maximum Gasteiger partial charge on any atom is 0.0594 e. The molecule has 0 saturated carbocycles. The molecule has 116 valence electrons. The highest BCUT2D eigenvalue weighted by Gasteiger charge is 2.30. The van der Waals surface area contributed by atoms with Gasteiger partial charge in [-0.05, 0) is 25.6 Å². The van der Waals surface area contributed by atoms with Gasteiger partial charge >= 0.3 is 0 Å². The van der Waals surface area contributed by atoms with Crippen LogP contribution in [0.2, 0.25) is 0 Å². The molecule has 21 heavy (non-hydrogen) atoms. The zero-order valence-corrected chi connectivity index (χ0v) is 13.5. The van der Waals surface area contributed by atoms with Crippen LogP contribution in [-0.4, -0.2) is 54.3 Å². The standard InChI is InChI=1S/C17H27N3O/c1-5-20-15(12-19-6-8-21-9-7-19)10-16-14(3)18(4)11-13(2)17(16)20/h5,10,13-14H,1,6-9,11-12H2,2-4H3/t13-,14+/m1/s1. The molecule has 0 unspecified atom stereocenters. The van der Waals surface area contributed by atoms with Crippen molar-refractivity contribution in [2.75, 3.05) is 39.9 Å². The third kappa shape index (κ3) is 2.68. The zero-order chi connectivity index (χ0) is 15.0. The number of hydrogen-bond acceptors (Lipinski definition) is 3. The Balaban J connectivity index is 1.92. The molecule has 0 aliphatic carbocycles. The van der Waals surface area contributed by atoms with E-state index in [0.717, 1.165) is 39.4 Å². The predicted molar refractivity (Wildman–Crippen MR) is 86.4 cm³/mol. The maximum absolute atomic E-state index is 5.45. The normalized spacial score (nSPS) is 27.6. The lowest BCUT2D eigenvalue weighted by Gasteiger charge is -2.34. The summed E-state index contributed by atoms with van der Waals surface area (Å²) in [5.74, 6) is 0.553. The van der Waals surface area contributed by atoms with Crippen molar-refractivity contribution in [2.45, 2.75) is 32.4 Å². The van der Waals surface area contributed by atoms with Crippen molar-refractivity contribution in [1.29, 1.82) is 0 Å². The van der Waals surface area contributed by atoms with E-state index in [1.165, 1.54) is 17.0 Å². The van der Waals surface area contributed by atoms with E-state index in [2.05, 4.69) is 47.9 Å². The summed E-state index contributed by atoms with van der Waals surface area (Å²) in [6, 6.07) is 2.88. The molecule has 2 aliphatic heterocycles. The summed E-state index contributed by atoms with van der Waals surface area (Å²) >= 11 is 0. The fourth-order valence-electron chi connectivity index (χ4n) is 3.71. The highest BCUT2D eigenvalue weighted by atomic mass is 16.5. The fraction of sp³-hybridized carbons (Fsp3) is 0.647. The number of hydrogen-bond donors (Lipinski definition) is 0. The molecule has 0 N–H and O–H groups in total. The third-order valence-corrected chi connectivity index (χ3v) is 5.00. The second-order valence-electron chi connectivity index (χ2n) is 6.43. The molecule has 2 atom stereocenters. The minimum absolute atomic E-state index is 0.487. The third-order valence-electron chi connectivity index (χ3n) is 5.00. The molecule has 2 aliphatic rings. The summed E-state index contributed by atoms with van der Waals surface area (Å²) in [6.45, 7) is 14.5. The minimum atomic E-state index is 0.487. The van der Waals surface area contributed by atoms with Gasteiger partial charge in [0.1, 0.15) is 0 Å². The molecule has 4 nitrogen and oxygen atoms in total. The van der Waals surface area contributed by atoms with Crippen LogP contribution in [0, 0.1) is 0 Å². The molecule has 1 saturated heterocycles. The highest BCUT2D eigenvalue weighted by molar-refractivity contribution is 5.42. The van der Waals surface area contributed by atoms with Crippen LogP contribution in [0.25, 0.3) is 6.20 Å². The van der Waals surface area contributed by atoms with Gasteiger partial charge in [-0.2, -0.15) is 0 Å². The first-order valence-corrected chi connectivity index (χ1v) is 7.98. The van der Waals surface area contributed by atoms with Gasteiger partial charge in [0.25, 0.3) is 0 Å². The van der Waals surface area contributed by atoms with E-state index in [4.69, 9.17) is 4.74 Å². The Hall–Kier alpha value is -1.10. The summed E-state index contributed by atoms with van der Waals surface area (Å²) < 4.78 is 7.78. The quantitative estimate of drug-likeness (QED) is 0.853. The fourth-order valence-corrected chi connectivity index (χ4v) is 3.71. The van der Waals surface area contributed by atoms with Gasteiger partial charge in [-0.15, -0.1) is 0 Å². The second kappa shape index (κ2) is 5.95. The van der Waals surface area contributed by atoms with E-state index in [1.807, 2.05) is 6.20 Å². The van der Waals surface area contributed by atoms with Crippen LogP contribution in [-0.2, 0) is 11.3 Å². The number of ether oxygens (including phenoxy) is 1. The molecule has 3 rings (SSSR count). The Bertz CT molecular complexity index is 516. The van der Waals surface area contributed by atoms with E-state index in [9.17, 15) is 0 Å². The van der Waals surface area contributed by atoms with Crippen molar-refractivity contribution in [2.24, 2.45) is 0 Å². The summed E-state index contributed by atoms with van der Waals surface area (Å²) in [6.07, 6.45) is 1.99. The Morgan fingerprint density at radius 3 is 2.71 bits per heavy atom. The molecule has 0 radical (unpaired) electrons. The summed E-state index contributed by atoms with van der Waals surface area (Å²) in [7, 11) is 2.22. The number of aromatic nitrogens is 1. The van der Waals surface area contributed by atoms with Gasteiger partial charge < -0.3 is 9.30 Å². The number of nitrogens with zero attached hydrogens (tertiary/aromatic N) is 3. The van der Waals surface area contributed by atoms with Crippen LogP contribution in [0.3, 0.4) is 0 Å². The zero-order valence-electron chi connectivity index (χ0n) is 13.5. The SMILES string of the molecule is C=Cn1c(CN2CCOCC2)cc2c1[C@H](C)CN(C)[C@H]2C. The van der Waals surface area contributed by atoms with Crippen molar-refractivity contribution in [3.05, 3.63) is 29.6 Å². The van der Waals surface area contributed by atoms with Crippen molar-refractivity contribution in [3.63, 3.8) is 0 Å². The maximum atomic E-state index is 5.45. The van der Waals surface area contributed by atoms with E-state index in [1.54, 1.807) is 0 Å². The number of fused-ring (bicyclic) bond motifs is 1. The van der Waals surface area contributed by atoms with Crippen LogP contribution in [0.5, 0.6) is 0 Å². The molecule has 0 bridgehead atoms. The van der Waals surface area contributed by atoms with Crippen LogP contribution >= 0.6 is 0 Å². The van der Waals surface area contributed by atoms with E-state index in [0.29, 0.717) is 12.0 Å². The van der Waals surface area contributed by atoms with Gasteiger partial charge in [-0.25, -0.2) is 0 Å². The van der Waals surface area contributed by atoms with Crippen molar-refractivity contribution < 1.29 is 4.74 Å². The lowest BCUT2D eigenvalue weighted by atomic mass is 9.93. The molecule has 1 aromatic rings. The molecule has 1 fully saturated rings. The first kappa shape index (κ1) is 14.8. The number of rotatable bonds is 3. The minimum Gasteiger partial charge on any atom is -0.379 e. The lowest BCUT2D eigenvalue weighted by molar-refractivity contribution is 0.0335. The Labute approximate surface area is 128 Å². The summed E-state index contributed by atoms with van der Waals surface area (Å²) in [5, 5.41) is 0. The smallest absolute Gasteiger partial charge is 0.0594 e. The summed E-state index contributed by atoms with van der Waals surface area (Å²) in [4.78, 5) is 4.92. The van der Waals surface area contributed by atoms with Gasteiger partial charge in [0.15, 0.2) is 0 Å². The molecule has 0 amide bonds. The van der Waals surface area contributed by atoms with E-state index >= 15 is 0 Å². The Morgan fingerprint density at radius 1 is 1.33 bits per heavy atom. The predicted octanol–water partition coefficient (Wildman–Crippen LogP) is 2.53. The number of morpholine rings is 1. The van der Waals surface area contributed by atoms with E-state index in [-0.39, 0.29) is 0 Å². The Kier molecular flexibility index (Phi) is 4.20. The van der Waals surface area contributed by atoms with Crippen LogP contribution in [0.1, 0.15) is 42.8 Å². The van der Waals surface area contributed by atoms with Crippen LogP contribution < -0.4 is 0 Å². The van der Waals surface area contributed by atoms with Gasteiger partial charge in [-0.1, -0.05) is 13.5 Å². The highest BCUT2D eigenvalue weighted by Crippen LogP contribution is 2.37. The lowest BCUT2D eigenvalue weighted by Crippen LogP contribution is -2.36. The van der Waals surface area contributed by atoms with Gasteiger partial charge in [-0.3, -0.25) is 9.80 Å². The molecular weight excluding hydrogens is 262 g/mol. The monoisotopic (exact) mass is 289 g/mol. The van der Waals surface area contributed by atoms with Crippen molar-refractivity contribution >= 4 is 6.20 Å². The average Bonchev–Trinajstić information content (AvgIpc) is 2.85. The van der Waals surface area contributed by atoms with Crippen LogP contribution in [0.4, 0.5) is 0 Å². The molecular formula is C17H27N3O. The first-order chi connectivity index (χ1) is 10.1. The van der Waals surface area contributed by atoms with Gasteiger partial charge in [0, 0.05) is 55.7 Å². The first-order valence-electron chi connectivity index (χ1n) is 7.98. The topological polar surface area (TPSA) is 20.6 Å². The molecule has 0 spiro atoms. The van der Waals surface area contributed by atoms with Crippen LogP contribution in [0.15, 0.2) is 12.6 Å². The second-order valence-corrected chi connectivity index (χ2v) is 6.43. The van der Waals surface area contributed by atoms with Crippen molar-refractivity contribution in [1.82, 2.24) is 14.4 Å². The molecule has 4 heteroatoms. The van der Waals surface area contributed by atoms with Gasteiger partial charge in [0.05, 0.1) is 13.2 Å². The van der Waals surface area contributed by atoms with Gasteiger partial charge in [0.2, 0.25) is 0 Å². The molecule has 0 aromatic carbocycles. The average molecular weight is 289 g/mol. The van der Waals surface area contributed by atoms with E-state index < -0.39 is 0 Å². The molecule has 1 aromatic heterocycles. The number of likely N-dealkylation sites (N-methyl/N-ethyl adjacent to an activating group) is 1. The summed E-state index contributed by atoms with van der Waals surface area (Å²) in [5.41, 5.74) is 4.30. The largest absolute Gasteiger partial charge is 0.379 e. The Morgan fingerprint density at radius 2 is 2.05 bits per heavy atom. The molecule has 3 heterocycles. The van der Waals surface area contributed by atoms with Crippen molar-refractivity contribution in [3.8, 4) is 0 Å².